The monoisotopic (exact) mass is 547 g/mol. The van der Waals surface area contributed by atoms with Crippen LogP contribution in [-0.2, 0) is 35.2 Å². The Labute approximate surface area is 222 Å². The van der Waals surface area contributed by atoms with Gasteiger partial charge in [-0.2, -0.15) is 0 Å². The van der Waals surface area contributed by atoms with Crippen LogP contribution in [0, 0.1) is 0 Å². The van der Waals surface area contributed by atoms with Crippen molar-refractivity contribution in [3.05, 3.63) is 36.0 Å². The number of fused-ring (bicyclic) bond motifs is 1. The lowest BCUT2D eigenvalue weighted by molar-refractivity contribution is -0.142. The minimum absolute atomic E-state index is 0.0889. The highest BCUT2D eigenvalue weighted by Gasteiger charge is 2.31. The maximum Gasteiger partial charge on any atom is 0.326 e. The summed E-state index contributed by atoms with van der Waals surface area (Å²) in [6.45, 7) is -0.849. The number of carbonyl (C=O) groups excluding carboxylic acids is 5. The van der Waals surface area contributed by atoms with Gasteiger partial charge in [0.25, 0.3) is 0 Å². The number of aliphatic hydroxyl groups is 1. The van der Waals surface area contributed by atoms with Crippen LogP contribution in [0.5, 0.6) is 0 Å². The number of primary amides is 2. The molecule has 5 amide bonds. The van der Waals surface area contributed by atoms with E-state index in [1.165, 1.54) is 0 Å². The van der Waals surface area contributed by atoms with E-state index in [0.29, 0.717) is 5.56 Å². The molecule has 1 heterocycles. The van der Waals surface area contributed by atoms with E-state index in [1.807, 2.05) is 0 Å². The van der Waals surface area contributed by atoms with Crippen LogP contribution in [-0.4, -0.2) is 81.5 Å². The smallest absolute Gasteiger partial charge is 0.326 e. The summed E-state index contributed by atoms with van der Waals surface area (Å²) in [7, 11) is 0. The minimum Gasteiger partial charge on any atom is -0.480 e. The molecule has 0 saturated heterocycles. The molecule has 0 fully saturated rings. The van der Waals surface area contributed by atoms with Gasteiger partial charge in [0.15, 0.2) is 0 Å². The highest BCUT2D eigenvalue weighted by atomic mass is 16.4. The van der Waals surface area contributed by atoms with E-state index < -0.39 is 66.3 Å². The zero-order valence-electron chi connectivity index (χ0n) is 21.0. The predicted molar refractivity (Wildman–Crippen MR) is 137 cm³/mol. The zero-order valence-corrected chi connectivity index (χ0v) is 21.0. The molecular weight excluding hydrogens is 514 g/mol. The normalized spacial score (nSPS) is 14.0. The average molecular weight is 548 g/mol. The third-order valence-electron chi connectivity index (χ3n) is 5.88. The lowest BCUT2D eigenvalue weighted by atomic mass is 10.0. The van der Waals surface area contributed by atoms with Crippen LogP contribution in [0.4, 0.5) is 0 Å². The van der Waals surface area contributed by atoms with Gasteiger partial charge in [0.05, 0.1) is 12.6 Å². The number of aromatic nitrogens is 1. The fraction of sp³-hybridized carbons (Fsp3) is 0.417. The fourth-order valence-corrected chi connectivity index (χ4v) is 3.72. The van der Waals surface area contributed by atoms with Crippen molar-refractivity contribution in [3.8, 4) is 0 Å². The molecule has 4 unspecified atom stereocenters. The van der Waals surface area contributed by atoms with Gasteiger partial charge in [-0.3, -0.25) is 24.0 Å². The lowest BCUT2D eigenvalue weighted by Crippen LogP contribution is -2.58. The van der Waals surface area contributed by atoms with Crippen molar-refractivity contribution in [2.75, 3.05) is 6.61 Å². The van der Waals surface area contributed by atoms with Crippen molar-refractivity contribution in [2.24, 2.45) is 17.2 Å². The maximum atomic E-state index is 13.2. The number of H-pyrrole nitrogens is 1. The Morgan fingerprint density at radius 3 is 2.00 bits per heavy atom. The summed E-state index contributed by atoms with van der Waals surface area (Å²) in [5.74, 6) is -5.50. The van der Waals surface area contributed by atoms with Crippen LogP contribution in [0.3, 0.4) is 0 Å². The highest BCUT2D eigenvalue weighted by molar-refractivity contribution is 5.95. The van der Waals surface area contributed by atoms with Gasteiger partial charge in [-0.1, -0.05) is 18.2 Å². The zero-order chi connectivity index (χ0) is 29.1. The van der Waals surface area contributed by atoms with E-state index in [0.717, 1.165) is 10.9 Å². The number of hydrogen-bond donors (Lipinski definition) is 9. The van der Waals surface area contributed by atoms with E-state index in [-0.39, 0.29) is 32.1 Å². The van der Waals surface area contributed by atoms with E-state index in [1.54, 1.807) is 30.5 Å². The van der Waals surface area contributed by atoms with E-state index in [2.05, 4.69) is 20.9 Å². The average Bonchev–Trinajstić information content (AvgIpc) is 3.29. The summed E-state index contributed by atoms with van der Waals surface area (Å²) < 4.78 is 0. The molecule has 12 N–H and O–H groups in total. The van der Waals surface area contributed by atoms with Crippen LogP contribution < -0.4 is 33.2 Å². The molecule has 0 saturated carbocycles. The number of carbonyl (C=O) groups is 6. The number of hydrogen-bond acceptors (Lipinski definition) is 8. The third kappa shape index (κ3) is 9.39. The van der Waals surface area contributed by atoms with Crippen molar-refractivity contribution in [3.63, 3.8) is 0 Å². The number of carboxylic acids is 1. The number of para-hydroxylation sites is 1. The molecule has 0 spiro atoms. The molecule has 15 heteroatoms. The first-order valence-electron chi connectivity index (χ1n) is 12.0. The maximum absolute atomic E-state index is 13.2. The van der Waals surface area contributed by atoms with Gasteiger partial charge in [-0.05, 0) is 24.5 Å². The van der Waals surface area contributed by atoms with Gasteiger partial charge in [0.1, 0.15) is 18.1 Å². The first-order chi connectivity index (χ1) is 18.4. The quantitative estimate of drug-likeness (QED) is 0.104. The topological polar surface area (TPSA) is 273 Å². The van der Waals surface area contributed by atoms with Crippen LogP contribution in [0.2, 0.25) is 0 Å². The summed E-state index contributed by atoms with van der Waals surface area (Å²) in [6.07, 6.45) is 0.705. The molecule has 2 aromatic rings. The number of benzene rings is 1. The molecule has 1 aromatic heterocycles. The second-order valence-corrected chi connectivity index (χ2v) is 8.88. The van der Waals surface area contributed by atoms with Gasteiger partial charge in [-0.25, -0.2) is 4.79 Å². The lowest BCUT2D eigenvalue weighted by Gasteiger charge is -2.24. The van der Waals surface area contributed by atoms with Gasteiger partial charge in [0, 0.05) is 36.4 Å². The number of aliphatic carboxylic acids is 1. The van der Waals surface area contributed by atoms with E-state index in [4.69, 9.17) is 17.2 Å². The van der Waals surface area contributed by atoms with Crippen LogP contribution in [0.25, 0.3) is 10.9 Å². The summed E-state index contributed by atoms with van der Waals surface area (Å²) in [6, 6.07) is 1.64. The van der Waals surface area contributed by atoms with Gasteiger partial charge >= 0.3 is 5.97 Å². The van der Waals surface area contributed by atoms with Crippen molar-refractivity contribution in [2.45, 2.75) is 56.3 Å². The van der Waals surface area contributed by atoms with Crippen molar-refractivity contribution >= 4 is 46.4 Å². The molecule has 15 nitrogen and oxygen atoms in total. The third-order valence-corrected chi connectivity index (χ3v) is 5.88. The molecule has 212 valence electrons. The molecule has 0 bridgehead atoms. The van der Waals surface area contributed by atoms with Crippen molar-refractivity contribution < 1.29 is 39.0 Å². The standard InChI is InChI=1S/C24H33N7O8/c25-14(5-7-19(26)33)21(35)31-18(11-32)23(37)30-17(9-12-10-28-15-4-2-1-3-13(12)15)22(36)29-16(24(38)39)6-8-20(27)34/h1-4,10,14,16-18,28,32H,5-9,11,25H2,(H2,26,33)(H2,27,34)(H,29,36)(H,30,37)(H,31,35)(H,38,39). The van der Waals surface area contributed by atoms with Gasteiger partial charge in [0.2, 0.25) is 29.5 Å². The number of aliphatic hydroxyl groups excluding tert-OH is 1. The number of amides is 5. The summed E-state index contributed by atoms with van der Waals surface area (Å²) in [5.41, 5.74) is 17.2. The summed E-state index contributed by atoms with van der Waals surface area (Å²) >= 11 is 0. The number of nitrogens with two attached hydrogens (primary N) is 3. The number of carboxylic acid groups (broad SMARTS) is 1. The molecule has 0 radical (unpaired) electrons. The Bertz CT molecular complexity index is 1210. The second kappa shape index (κ2) is 14.4. The molecule has 0 aliphatic rings. The number of rotatable bonds is 16. The second-order valence-electron chi connectivity index (χ2n) is 8.88. The molecule has 0 aliphatic carbocycles. The number of aromatic amines is 1. The van der Waals surface area contributed by atoms with E-state index in [9.17, 15) is 39.0 Å². The molecule has 0 aliphatic heterocycles. The fourth-order valence-electron chi connectivity index (χ4n) is 3.72. The van der Waals surface area contributed by atoms with E-state index >= 15 is 0 Å². The first-order valence-corrected chi connectivity index (χ1v) is 12.0. The Morgan fingerprint density at radius 2 is 1.38 bits per heavy atom. The molecular formula is C24H33N7O8. The van der Waals surface area contributed by atoms with Crippen LogP contribution in [0.15, 0.2) is 30.5 Å². The molecule has 4 atom stereocenters. The van der Waals surface area contributed by atoms with Gasteiger partial charge < -0.3 is 48.3 Å². The Hall–Kier alpha value is -4.50. The summed E-state index contributed by atoms with van der Waals surface area (Å²) in [5, 5.41) is 26.9. The Balaban J connectivity index is 2.23. The number of nitrogens with one attached hydrogen (secondary N) is 4. The van der Waals surface area contributed by atoms with Crippen LogP contribution in [0.1, 0.15) is 31.2 Å². The van der Waals surface area contributed by atoms with Crippen molar-refractivity contribution in [1.82, 2.24) is 20.9 Å². The van der Waals surface area contributed by atoms with Gasteiger partial charge in [-0.15, -0.1) is 0 Å². The predicted octanol–water partition coefficient (Wildman–Crippen LogP) is -2.90. The SMILES string of the molecule is NC(=O)CCC(N)C(=O)NC(CO)C(=O)NC(Cc1c[nH]c2ccccc12)C(=O)NC(CCC(N)=O)C(=O)O. The largest absolute Gasteiger partial charge is 0.480 e. The van der Waals surface area contributed by atoms with Crippen LogP contribution >= 0.6 is 0 Å². The Morgan fingerprint density at radius 1 is 0.821 bits per heavy atom. The molecule has 39 heavy (non-hydrogen) atoms. The van der Waals surface area contributed by atoms with Crippen molar-refractivity contribution in [1.29, 1.82) is 0 Å². The Kier molecular flexibility index (Phi) is 11.4. The minimum atomic E-state index is -1.51. The first kappa shape index (κ1) is 30.7. The molecule has 1 aromatic carbocycles. The highest BCUT2D eigenvalue weighted by Crippen LogP contribution is 2.19. The molecule has 2 rings (SSSR count). The summed E-state index contributed by atoms with van der Waals surface area (Å²) in [4.78, 5) is 75.2.